The van der Waals surface area contributed by atoms with Gasteiger partial charge < -0.3 is 15.1 Å². The van der Waals surface area contributed by atoms with E-state index in [2.05, 4.69) is 37.5 Å². The highest BCUT2D eigenvalue weighted by atomic mass is 19.3. The van der Waals surface area contributed by atoms with Gasteiger partial charge in [0.25, 0.3) is 0 Å². The molecule has 2 N–H and O–H groups in total. The Morgan fingerprint density at radius 1 is 1.15 bits per heavy atom. The molecule has 0 aromatic heterocycles. The SMILES string of the molecule is C=C1[C@H](O)CC(=C/C=C2\CCC[C@]3(C)[C@@H](C(C)CN4CC[C@@H](CCC(F)F)C4)CC[C@@H]23)C[C@H]1O. The second kappa shape index (κ2) is 10.9. The van der Waals surface area contributed by atoms with E-state index in [-0.39, 0.29) is 6.42 Å². The molecule has 7 atom stereocenters. The fourth-order valence-electron chi connectivity index (χ4n) is 7.85. The van der Waals surface area contributed by atoms with E-state index in [9.17, 15) is 19.0 Å². The van der Waals surface area contributed by atoms with Crippen LogP contribution in [-0.2, 0) is 0 Å². The van der Waals surface area contributed by atoms with E-state index in [0.717, 1.165) is 38.0 Å². The molecule has 192 valence electrons. The standard InChI is InChI=1S/C29H45F2NO2/c1-19(17-32-14-12-21(18-32)7-11-28(30)31)24-9-10-25-23(5-4-13-29(24,25)3)8-6-22-15-26(33)20(2)27(34)16-22/h6,8,19,21,24-28,33-34H,2,4-5,7,9-18H2,1,3H3/b23-8+/t19?,21-,24-,25+,26-,27-,29-/m1/s1. The quantitative estimate of drug-likeness (QED) is 0.434. The minimum absolute atomic E-state index is 0.0500. The van der Waals surface area contributed by atoms with E-state index in [4.69, 9.17) is 0 Å². The van der Waals surface area contributed by atoms with Crippen molar-refractivity contribution < 1.29 is 19.0 Å². The van der Waals surface area contributed by atoms with Gasteiger partial charge in [0.1, 0.15) is 0 Å². The van der Waals surface area contributed by atoms with E-state index in [0.29, 0.717) is 53.9 Å². The number of alkyl halides is 2. The molecule has 0 spiro atoms. The fraction of sp³-hybridized carbons (Fsp3) is 0.793. The van der Waals surface area contributed by atoms with Crippen molar-refractivity contribution in [2.24, 2.45) is 29.1 Å². The Bertz CT molecular complexity index is 777. The van der Waals surface area contributed by atoms with Gasteiger partial charge in [-0.25, -0.2) is 8.78 Å². The molecule has 1 aliphatic heterocycles. The molecule has 1 saturated heterocycles. The van der Waals surface area contributed by atoms with Crippen LogP contribution >= 0.6 is 0 Å². The Hall–Kier alpha value is -1.04. The van der Waals surface area contributed by atoms with Crippen molar-refractivity contribution in [2.45, 2.75) is 96.7 Å². The topological polar surface area (TPSA) is 43.7 Å². The third-order valence-corrected chi connectivity index (χ3v) is 9.73. The lowest BCUT2D eigenvalue weighted by Crippen LogP contribution is -2.39. The number of fused-ring (bicyclic) bond motifs is 1. The van der Waals surface area contributed by atoms with Gasteiger partial charge in [0, 0.05) is 19.5 Å². The summed E-state index contributed by atoms with van der Waals surface area (Å²) in [5.41, 5.74) is 3.54. The van der Waals surface area contributed by atoms with Crippen molar-refractivity contribution in [3.05, 3.63) is 35.5 Å². The lowest BCUT2D eigenvalue weighted by Gasteiger charge is -2.45. The average Bonchev–Trinajstić information content (AvgIpc) is 3.38. The maximum atomic E-state index is 12.6. The molecule has 0 bridgehead atoms. The number of aliphatic hydroxyl groups excluding tert-OH is 2. The minimum Gasteiger partial charge on any atom is -0.388 e. The van der Waals surface area contributed by atoms with Gasteiger partial charge in [-0.05, 0) is 99.0 Å². The summed E-state index contributed by atoms with van der Waals surface area (Å²) in [6, 6.07) is 0. The van der Waals surface area contributed by atoms with Gasteiger partial charge in [0.2, 0.25) is 6.43 Å². The molecule has 4 rings (SSSR count). The van der Waals surface area contributed by atoms with E-state index in [1.54, 1.807) is 5.57 Å². The van der Waals surface area contributed by atoms with Gasteiger partial charge in [0.15, 0.2) is 0 Å². The van der Waals surface area contributed by atoms with Gasteiger partial charge in [-0.1, -0.05) is 43.7 Å². The third-order valence-electron chi connectivity index (χ3n) is 9.73. The van der Waals surface area contributed by atoms with E-state index < -0.39 is 18.6 Å². The maximum absolute atomic E-state index is 12.6. The normalized spacial score (nSPS) is 39.1. The van der Waals surface area contributed by atoms with Crippen LogP contribution < -0.4 is 0 Å². The first-order chi connectivity index (χ1) is 16.2. The van der Waals surface area contributed by atoms with E-state index in [1.165, 1.54) is 25.7 Å². The first-order valence-electron chi connectivity index (χ1n) is 13.6. The van der Waals surface area contributed by atoms with Crippen molar-refractivity contribution in [1.29, 1.82) is 0 Å². The molecule has 0 radical (unpaired) electrons. The smallest absolute Gasteiger partial charge is 0.238 e. The Morgan fingerprint density at radius 3 is 2.59 bits per heavy atom. The summed E-state index contributed by atoms with van der Waals surface area (Å²) < 4.78 is 25.2. The predicted octanol–water partition coefficient (Wildman–Crippen LogP) is 6.13. The zero-order chi connectivity index (χ0) is 24.5. The minimum atomic E-state index is -2.17. The Labute approximate surface area is 205 Å². The van der Waals surface area contributed by atoms with Crippen molar-refractivity contribution in [1.82, 2.24) is 4.90 Å². The molecule has 4 aliphatic rings. The number of aliphatic hydroxyl groups is 2. The largest absolute Gasteiger partial charge is 0.388 e. The molecule has 3 aliphatic carbocycles. The predicted molar refractivity (Wildman–Crippen MR) is 134 cm³/mol. The summed E-state index contributed by atoms with van der Waals surface area (Å²) in [7, 11) is 0. The zero-order valence-corrected chi connectivity index (χ0v) is 21.2. The van der Waals surface area contributed by atoms with Crippen LogP contribution in [0.4, 0.5) is 8.78 Å². The molecule has 0 amide bonds. The second-order valence-electron chi connectivity index (χ2n) is 12.0. The molecule has 0 aromatic rings. The van der Waals surface area contributed by atoms with Crippen LogP contribution in [0, 0.1) is 29.1 Å². The van der Waals surface area contributed by atoms with E-state index >= 15 is 0 Å². The summed E-state index contributed by atoms with van der Waals surface area (Å²) in [6.07, 6.45) is 10.2. The highest BCUT2D eigenvalue weighted by Gasteiger charge is 2.50. The summed E-state index contributed by atoms with van der Waals surface area (Å²) in [4.78, 5) is 2.54. The Kier molecular flexibility index (Phi) is 8.36. The maximum Gasteiger partial charge on any atom is 0.238 e. The molecular weight excluding hydrogens is 432 g/mol. The molecule has 34 heavy (non-hydrogen) atoms. The highest BCUT2D eigenvalue weighted by molar-refractivity contribution is 5.29. The van der Waals surface area contributed by atoms with Gasteiger partial charge in [-0.3, -0.25) is 0 Å². The first kappa shape index (κ1) is 26.0. The lowest BCUT2D eigenvalue weighted by atomic mass is 9.61. The van der Waals surface area contributed by atoms with Gasteiger partial charge in [-0.15, -0.1) is 0 Å². The van der Waals surface area contributed by atoms with Crippen molar-refractivity contribution in [2.75, 3.05) is 19.6 Å². The van der Waals surface area contributed by atoms with Crippen LogP contribution in [-0.4, -0.2) is 53.4 Å². The first-order valence-corrected chi connectivity index (χ1v) is 13.6. The van der Waals surface area contributed by atoms with Gasteiger partial charge in [-0.2, -0.15) is 0 Å². The summed E-state index contributed by atoms with van der Waals surface area (Å²) in [5.74, 6) is 2.39. The number of hydrogen-bond acceptors (Lipinski definition) is 3. The number of likely N-dealkylation sites (tertiary alicyclic amines) is 1. The molecule has 1 unspecified atom stereocenters. The van der Waals surface area contributed by atoms with Crippen LogP contribution in [0.1, 0.15) is 78.1 Å². The van der Waals surface area contributed by atoms with Crippen LogP contribution in [0.5, 0.6) is 0 Å². The molecule has 4 fully saturated rings. The summed E-state index contributed by atoms with van der Waals surface area (Å²) >= 11 is 0. The van der Waals surface area contributed by atoms with E-state index in [1.807, 2.05) is 0 Å². The molecule has 0 aromatic carbocycles. The Morgan fingerprint density at radius 2 is 1.88 bits per heavy atom. The average molecular weight is 478 g/mol. The number of nitrogens with zero attached hydrogens (tertiary/aromatic N) is 1. The van der Waals surface area contributed by atoms with Crippen molar-refractivity contribution >= 4 is 0 Å². The molecule has 3 nitrogen and oxygen atoms in total. The van der Waals surface area contributed by atoms with Crippen LogP contribution in [0.2, 0.25) is 0 Å². The second-order valence-corrected chi connectivity index (χ2v) is 12.0. The van der Waals surface area contributed by atoms with Crippen LogP contribution in [0.25, 0.3) is 0 Å². The fourth-order valence-corrected chi connectivity index (χ4v) is 7.85. The lowest BCUT2D eigenvalue weighted by molar-refractivity contribution is 0.0811. The molecule has 1 heterocycles. The van der Waals surface area contributed by atoms with Crippen molar-refractivity contribution in [3.63, 3.8) is 0 Å². The van der Waals surface area contributed by atoms with Gasteiger partial charge >= 0.3 is 0 Å². The van der Waals surface area contributed by atoms with Crippen molar-refractivity contribution in [3.8, 4) is 0 Å². The number of hydrogen-bond donors (Lipinski definition) is 2. The third kappa shape index (κ3) is 5.68. The number of allylic oxidation sites excluding steroid dienone is 3. The zero-order valence-electron chi connectivity index (χ0n) is 21.2. The summed E-state index contributed by atoms with van der Waals surface area (Å²) in [5, 5.41) is 20.3. The van der Waals surface area contributed by atoms with Crippen LogP contribution in [0.3, 0.4) is 0 Å². The molecule has 5 heteroatoms. The highest BCUT2D eigenvalue weighted by Crippen LogP contribution is 2.59. The Balaban J connectivity index is 1.37. The number of rotatable bonds is 7. The summed E-state index contributed by atoms with van der Waals surface area (Å²) in [6.45, 7) is 11.9. The van der Waals surface area contributed by atoms with Gasteiger partial charge in [0.05, 0.1) is 12.2 Å². The molecular formula is C29H45F2NO2. The number of halogens is 2. The molecule has 3 saturated carbocycles. The monoisotopic (exact) mass is 477 g/mol. The van der Waals surface area contributed by atoms with Crippen LogP contribution in [0.15, 0.2) is 35.5 Å².